The summed E-state index contributed by atoms with van der Waals surface area (Å²) in [4.78, 5) is 16.3. The second kappa shape index (κ2) is 7.64. The minimum Gasteiger partial charge on any atom is -0.370 e. The van der Waals surface area contributed by atoms with Gasteiger partial charge in [-0.25, -0.2) is 4.98 Å². The summed E-state index contributed by atoms with van der Waals surface area (Å²) in [6.07, 6.45) is 6.34. The molecule has 3 aromatic heterocycles. The van der Waals surface area contributed by atoms with Gasteiger partial charge in [0.1, 0.15) is 11.3 Å². The van der Waals surface area contributed by atoms with Crippen molar-refractivity contribution >= 4 is 28.2 Å². The van der Waals surface area contributed by atoms with Gasteiger partial charge in [0, 0.05) is 25.5 Å². The summed E-state index contributed by atoms with van der Waals surface area (Å²) >= 11 is 1.27. The van der Waals surface area contributed by atoms with E-state index in [-0.39, 0.29) is 5.91 Å². The molecule has 0 radical (unpaired) electrons. The van der Waals surface area contributed by atoms with Gasteiger partial charge in [0.15, 0.2) is 0 Å². The number of hydrogen-bond acceptors (Lipinski definition) is 7. The minimum atomic E-state index is -0.250. The van der Waals surface area contributed by atoms with E-state index in [1.165, 1.54) is 17.5 Å². The van der Waals surface area contributed by atoms with Gasteiger partial charge in [-0.3, -0.25) is 14.8 Å². The molecule has 0 bridgehead atoms. The molecule has 3 aromatic rings. The SMILES string of the molecule is Cc1cnn(CCCNc2ccc(C(=O)Nc3nncs3)cn2)c1. The summed E-state index contributed by atoms with van der Waals surface area (Å²) in [5.41, 5.74) is 3.20. The molecule has 0 atom stereocenters. The van der Waals surface area contributed by atoms with E-state index in [9.17, 15) is 4.79 Å². The number of amides is 1. The van der Waals surface area contributed by atoms with Crippen LogP contribution in [0, 0.1) is 6.92 Å². The van der Waals surface area contributed by atoms with E-state index in [1.807, 2.05) is 24.0 Å². The number of hydrogen-bond donors (Lipinski definition) is 2. The Bertz CT molecular complexity index is 783. The Morgan fingerprint density at radius 3 is 2.92 bits per heavy atom. The van der Waals surface area contributed by atoms with Crippen molar-refractivity contribution in [2.24, 2.45) is 0 Å². The molecule has 1 amide bonds. The fraction of sp³-hybridized carbons (Fsp3) is 0.267. The number of aromatic nitrogens is 5. The normalized spacial score (nSPS) is 10.5. The van der Waals surface area contributed by atoms with Crippen molar-refractivity contribution < 1.29 is 4.79 Å². The van der Waals surface area contributed by atoms with Crippen molar-refractivity contribution in [3.05, 3.63) is 47.4 Å². The van der Waals surface area contributed by atoms with Gasteiger partial charge in [-0.2, -0.15) is 5.10 Å². The van der Waals surface area contributed by atoms with Crippen LogP contribution in [0.1, 0.15) is 22.3 Å². The van der Waals surface area contributed by atoms with Crippen LogP contribution in [0.5, 0.6) is 0 Å². The highest BCUT2D eigenvalue weighted by molar-refractivity contribution is 7.13. The van der Waals surface area contributed by atoms with Gasteiger partial charge >= 0.3 is 0 Å². The van der Waals surface area contributed by atoms with Crippen molar-refractivity contribution in [2.75, 3.05) is 17.2 Å². The molecule has 8 nitrogen and oxygen atoms in total. The van der Waals surface area contributed by atoms with E-state index in [1.54, 1.807) is 17.6 Å². The lowest BCUT2D eigenvalue weighted by Crippen LogP contribution is -2.13. The van der Waals surface area contributed by atoms with Crippen LogP contribution in [-0.2, 0) is 6.54 Å². The molecule has 0 unspecified atom stereocenters. The summed E-state index contributed by atoms with van der Waals surface area (Å²) < 4.78 is 1.92. The van der Waals surface area contributed by atoms with E-state index in [0.717, 1.165) is 30.9 Å². The molecule has 0 saturated carbocycles. The molecule has 3 rings (SSSR count). The number of anilines is 2. The zero-order chi connectivity index (χ0) is 16.8. The Morgan fingerprint density at radius 1 is 1.33 bits per heavy atom. The Morgan fingerprint density at radius 2 is 2.25 bits per heavy atom. The molecule has 0 aliphatic carbocycles. The van der Waals surface area contributed by atoms with Gasteiger partial charge in [0.25, 0.3) is 5.91 Å². The topological polar surface area (TPSA) is 97.6 Å². The number of nitrogens with zero attached hydrogens (tertiary/aromatic N) is 5. The number of nitrogens with one attached hydrogen (secondary N) is 2. The van der Waals surface area contributed by atoms with Gasteiger partial charge < -0.3 is 5.32 Å². The van der Waals surface area contributed by atoms with E-state index < -0.39 is 0 Å². The molecule has 24 heavy (non-hydrogen) atoms. The van der Waals surface area contributed by atoms with E-state index in [4.69, 9.17) is 0 Å². The molecular formula is C15H17N7OS. The maximum absolute atomic E-state index is 12.0. The van der Waals surface area contributed by atoms with Crippen LogP contribution >= 0.6 is 11.3 Å². The fourth-order valence-electron chi connectivity index (χ4n) is 2.08. The minimum absolute atomic E-state index is 0.250. The lowest BCUT2D eigenvalue weighted by molar-refractivity contribution is 0.102. The molecule has 0 saturated heterocycles. The van der Waals surface area contributed by atoms with Gasteiger partial charge in [-0.15, -0.1) is 10.2 Å². The second-order valence-corrected chi connectivity index (χ2v) is 6.02. The first-order valence-electron chi connectivity index (χ1n) is 7.47. The largest absolute Gasteiger partial charge is 0.370 e. The van der Waals surface area contributed by atoms with Crippen molar-refractivity contribution in [1.29, 1.82) is 0 Å². The van der Waals surface area contributed by atoms with Crippen LogP contribution in [0.2, 0.25) is 0 Å². The third-order valence-electron chi connectivity index (χ3n) is 3.24. The first kappa shape index (κ1) is 16.1. The van der Waals surface area contributed by atoms with Crippen molar-refractivity contribution in [1.82, 2.24) is 25.0 Å². The Labute approximate surface area is 143 Å². The fourth-order valence-corrected chi connectivity index (χ4v) is 2.52. The maximum Gasteiger partial charge on any atom is 0.259 e. The molecular weight excluding hydrogens is 326 g/mol. The monoisotopic (exact) mass is 343 g/mol. The molecule has 124 valence electrons. The van der Waals surface area contributed by atoms with Gasteiger partial charge in [0.05, 0.1) is 11.8 Å². The smallest absolute Gasteiger partial charge is 0.259 e. The third kappa shape index (κ3) is 4.35. The Kier molecular flexibility index (Phi) is 5.12. The van der Waals surface area contributed by atoms with E-state index in [2.05, 4.69) is 30.9 Å². The molecule has 0 aliphatic heterocycles. The summed E-state index contributed by atoms with van der Waals surface area (Å²) in [6, 6.07) is 3.51. The standard InChI is InChI=1S/C15H17N7OS/c1-11-7-19-22(9-11)6-2-5-16-13-4-3-12(8-17-13)14(23)20-15-21-18-10-24-15/h3-4,7-10H,2,5-6H2,1H3,(H,16,17)(H,20,21,23). The van der Waals surface area contributed by atoms with Crippen LogP contribution < -0.4 is 10.6 Å². The van der Waals surface area contributed by atoms with Crippen molar-refractivity contribution in [3.8, 4) is 0 Å². The quantitative estimate of drug-likeness (QED) is 0.638. The summed E-state index contributed by atoms with van der Waals surface area (Å²) in [7, 11) is 0. The molecule has 9 heteroatoms. The molecule has 0 aliphatic rings. The van der Waals surface area contributed by atoms with Gasteiger partial charge in [-0.05, 0) is 31.0 Å². The highest BCUT2D eigenvalue weighted by Crippen LogP contribution is 2.11. The van der Waals surface area contributed by atoms with Crippen LogP contribution in [-0.4, -0.2) is 37.4 Å². The van der Waals surface area contributed by atoms with Crippen molar-refractivity contribution in [2.45, 2.75) is 19.9 Å². The number of aryl methyl sites for hydroxylation is 2. The Balaban J connectivity index is 1.45. The Hall–Kier alpha value is -2.81. The van der Waals surface area contributed by atoms with Gasteiger partial charge in [-0.1, -0.05) is 11.3 Å². The average molecular weight is 343 g/mol. The highest BCUT2D eigenvalue weighted by Gasteiger charge is 2.08. The summed E-state index contributed by atoms with van der Waals surface area (Å²) in [5, 5.41) is 18.0. The predicted octanol–water partition coefficient (Wildman–Crippen LogP) is 2.19. The third-order valence-corrected chi connectivity index (χ3v) is 3.85. The summed E-state index contributed by atoms with van der Waals surface area (Å²) in [5.74, 6) is 0.485. The zero-order valence-electron chi connectivity index (χ0n) is 13.1. The van der Waals surface area contributed by atoms with Crippen LogP contribution in [0.4, 0.5) is 10.9 Å². The lowest BCUT2D eigenvalue weighted by Gasteiger charge is -2.06. The van der Waals surface area contributed by atoms with E-state index >= 15 is 0 Å². The average Bonchev–Trinajstić information content (AvgIpc) is 3.24. The van der Waals surface area contributed by atoms with Gasteiger partial charge in [0.2, 0.25) is 5.13 Å². The first-order chi connectivity index (χ1) is 11.7. The van der Waals surface area contributed by atoms with Crippen LogP contribution in [0.3, 0.4) is 0 Å². The van der Waals surface area contributed by atoms with Crippen molar-refractivity contribution in [3.63, 3.8) is 0 Å². The molecule has 3 heterocycles. The number of carbonyl (C=O) groups excluding carboxylic acids is 1. The van der Waals surface area contributed by atoms with Crippen LogP contribution in [0.25, 0.3) is 0 Å². The van der Waals surface area contributed by atoms with Crippen LogP contribution in [0.15, 0.2) is 36.2 Å². The summed E-state index contributed by atoms with van der Waals surface area (Å²) in [6.45, 7) is 3.65. The second-order valence-electron chi connectivity index (χ2n) is 5.19. The number of pyridine rings is 1. The maximum atomic E-state index is 12.0. The first-order valence-corrected chi connectivity index (χ1v) is 8.35. The zero-order valence-corrected chi connectivity index (χ0v) is 14.0. The molecule has 2 N–H and O–H groups in total. The lowest BCUT2D eigenvalue weighted by atomic mass is 10.2. The number of rotatable bonds is 7. The molecule has 0 aromatic carbocycles. The predicted molar refractivity (Wildman–Crippen MR) is 92.2 cm³/mol. The molecule has 0 fully saturated rings. The number of carbonyl (C=O) groups is 1. The highest BCUT2D eigenvalue weighted by atomic mass is 32.1. The van der Waals surface area contributed by atoms with E-state index in [0.29, 0.717) is 10.7 Å². The molecule has 0 spiro atoms.